The maximum atomic E-state index is 11.4. The largest absolute Gasteiger partial charge is 0.366 e. The summed E-state index contributed by atoms with van der Waals surface area (Å²) >= 11 is 0. The number of pyridine rings is 1. The number of fused-ring (bicyclic) bond motifs is 1. The third kappa shape index (κ3) is 2.40. The van der Waals surface area contributed by atoms with E-state index < -0.39 is 5.91 Å². The van der Waals surface area contributed by atoms with Crippen LogP contribution in [0, 0.1) is 0 Å². The lowest BCUT2D eigenvalue weighted by Gasteiger charge is -2.05. The van der Waals surface area contributed by atoms with Gasteiger partial charge in [0.1, 0.15) is 0 Å². The normalized spacial score (nSPS) is 10.8. The number of carbonyl (C=O) groups excluding carboxylic acids is 1. The Bertz CT molecular complexity index is 1040. The molecule has 0 saturated carbocycles. The van der Waals surface area contributed by atoms with Gasteiger partial charge >= 0.3 is 0 Å². The van der Waals surface area contributed by atoms with Gasteiger partial charge in [-0.2, -0.15) is 5.10 Å². The Hall–Kier alpha value is -3.54. The second-order valence-corrected chi connectivity index (χ2v) is 5.31. The molecule has 0 bridgehead atoms. The van der Waals surface area contributed by atoms with Gasteiger partial charge in [-0.1, -0.05) is 12.1 Å². The predicted molar refractivity (Wildman–Crippen MR) is 90.2 cm³/mol. The number of carbonyl (C=O) groups is 1. The topological polar surface area (TPSA) is 86.2 Å². The van der Waals surface area contributed by atoms with Gasteiger partial charge in [-0.05, 0) is 36.4 Å². The first-order valence-electron chi connectivity index (χ1n) is 7.38. The highest BCUT2D eigenvalue weighted by molar-refractivity contribution is 5.94. The van der Waals surface area contributed by atoms with E-state index in [1.165, 1.54) is 0 Å². The van der Waals surface area contributed by atoms with Crippen LogP contribution in [0.15, 0.2) is 67.1 Å². The minimum Gasteiger partial charge on any atom is -0.366 e. The zero-order valence-corrected chi connectivity index (χ0v) is 12.6. The summed E-state index contributed by atoms with van der Waals surface area (Å²) in [6.07, 6.45) is 5.24. The van der Waals surface area contributed by atoms with Crippen molar-refractivity contribution >= 4 is 11.6 Å². The standard InChI is InChI=1S/C18H13N5O/c19-18(24)14-3-1-2-13(10-14)15-4-5-17-21-11-16(23(17)22-15)12-6-8-20-9-7-12/h1-11H,(H2,19,24). The molecular formula is C18H13N5O. The number of amides is 1. The van der Waals surface area contributed by atoms with Crippen LogP contribution in [0.2, 0.25) is 0 Å². The Morgan fingerprint density at radius 1 is 1.00 bits per heavy atom. The van der Waals surface area contributed by atoms with Crippen molar-refractivity contribution in [2.45, 2.75) is 0 Å². The van der Waals surface area contributed by atoms with Crippen LogP contribution < -0.4 is 5.73 Å². The molecule has 4 rings (SSSR count). The fourth-order valence-corrected chi connectivity index (χ4v) is 2.58. The van der Waals surface area contributed by atoms with Gasteiger partial charge in [0, 0.05) is 29.1 Å². The second kappa shape index (κ2) is 5.58. The lowest BCUT2D eigenvalue weighted by atomic mass is 10.1. The summed E-state index contributed by atoms with van der Waals surface area (Å²) in [5, 5.41) is 4.66. The van der Waals surface area contributed by atoms with E-state index in [0.717, 1.165) is 28.2 Å². The maximum absolute atomic E-state index is 11.4. The summed E-state index contributed by atoms with van der Waals surface area (Å²) in [5.41, 5.74) is 9.97. The molecule has 6 nitrogen and oxygen atoms in total. The van der Waals surface area contributed by atoms with Gasteiger partial charge in [0.25, 0.3) is 0 Å². The molecule has 6 heteroatoms. The molecule has 1 aromatic carbocycles. The number of rotatable bonds is 3. The molecule has 2 N–H and O–H groups in total. The number of aromatic nitrogens is 4. The summed E-state index contributed by atoms with van der Waals surface area (Å²) in [6.45, 7) is 0. The van der Waals surface area contributed by atoms with E-state index in [4.69, 9.17) is 5.73 Å². The van der Waals surface area contributed by atoms with E-state index in [-0.39, 0.29) is 0 Å². The molecule has 0 fully saturated rings. The molecule has 3 heterocycles. The molecule has 116 valence electrons. The number of hydrogen-bond donors (Lipinski definition) is 1. The molecule has 4 aromatic rings. The zero-order valence-electron chi connectivity index (χ0n) is 12.6. The monoisotopic (exact) mass is 315 g/mol. The minimum atomic E-state index is -0.460. The highest BCUT2D eigenvalue weighted by Crippen LogP contribution is 2.23. The molecule has 3 aromatic heterocycles. The SMILES string of the molecule is NC(=O)c1cccc(-c2ccc3ncc(-c4ccncc4)n3n2)c1. The van der Waals surface area contributed by atoms with Crippen LogP contribution in [0.3, 0.4) is 0 Å². The molecular weight excluding hydrogens is 302 g/mol. The minimum absolute atomic E-state index is 0.453. The molecule has 0 unspecified atom stereocenters. The number of imidazole rings is 1. The number of primary amides is 1. The third-order valence-corrected chi connectivity index (χ3v) is 3.78. The van der Waals surface area contributed by atoms with Crippen LogP contribution in [0.25, 0.3) is 28.2 Å². The Morgan fingerprint density at radius 2 is 1.83 bits per heavy atom. The first kappa shape index (κ1) is 14.1. The summed E-state index contributed by atoms with van der Waals surface area (Å²) in [6, 6.07) is 14.7. The van der Waals surface area contributed by atoms with Gasteiger partial charge in [0.15, 0.2) is 5.65 Å². The van der Waals surface area contributed by atoms with Crippen molar-refractivity contribution in [1.29, 1.82) is 0 Å². The second-order valence-electron chi connectivity index (χ2n) is 5.31. The fourth-order valence-electron chi connectivity index (χ4n) is 2.58. The third-order valence-electron chi connectivity index (χ3n) is 3.78. The Labute approximate surface area is 137 Å². The molecule has 0 saturated heterocycles. The number of nitrogens with two attached hydrogens (primary N) is 1. The van der Waals surface area contributed by atoms with E-state index in [9.17, 15) is 4.79 Å². The van der Waals surface area contributed by atoms with Crippen molar-refractivity contribution in [3.8, 4) is 22.5 Å². The molecule has 0 atom stereocenters. The van der Waals surface area contributed by atoms with Gasteiger partial charge in [0.2, 0.25) is 5.91 Å². The van der Waals surface area contributed by atoms with Crippen LogP contribution >= 0.6 is 0 Å². The first-order valence-corrected chi connectivity index (χ1v) is 7.38. The number of hydrogen-bond acceptors (Lipinski definition) is 4. The summed E-state index contributed by atoms with van der Waals surface area (Å²) in [5.74, 6) is -0.460. The van der Waals surface area contributed by atoms with Crippen LogP contribution in [0.1, 0.15) is 10.4 Å². The van der Waals surface area contributed by atoms with Gasteiger partial charge < -0.3 is 5.73 Å². The lowest BCUT2D eigenvalue weighted by Crippen LogP contribution is -2.10. The van der Waals surface area contributed by atoms with Gasteiger partial charge in [-0.15, -0.1) is 0 Å². The van der Waals surface area contributed by atoms with E-state index >= 15 is 0 Å². The molecule has 0 aliphatic rings. The predicted octanol–water partition coefficient (Wildman–Crippen LogP) is 2.56. The van der Waals surface area contributed by atoms with E-state index in [0.29, 0.717) is 5.56 Å². The van der Waals surface area contributed by atoms with E-state index in [1.807, 2.05) is 30.3 Å². The molecule has 0 radical (unpaired) electrons. The van der Waals surface area contributed by atoms with Gasteiger partial charge in [-0.3, -0.25) is 9.78 Å². The molecule has 24 heavy (non-hydrogen) atoms. The molecule has 0 aliphatic heterocycles. The smallest absolute Gasteiger partial charge is 0.248 e. The Balaban J connectivity index is 1.86. The summed E-state index contributed by atoms with van der Waals surface area (Å²) in [4.78, 5) is 19.8. The van der Waals surface area contributed by atoms with Gasteiger partial charge in [0.05, 0.1) is 17.6 Å². The van der Waals surface area contributed by atoms with Crippen molar-refractivity contribution in [2.75, 3.05) is 0 Å². The molecule has 0 aliphatic carbocycles. The Morgan fingerprint density at radius 3 is 2.62 bits per heavy atom. The highest BCUT2D eigenvalue weighted by atomic mass is 16.1. The van der Waals surface area contributed by atoms with Gasteiger partial charge in [-0.25, -0.2) is 9.50 Å². The summed E-state index contributed by atoms with van der Waals surface area (Å²) in [7, 11) is 0. The van der Waals surface area contributed by atoms with E-state index in [2.05, 4.69) is 15.1 Å². The number of nitrogens with zero attached hydrogens (tertiary/aromatic N) is 4. The molecule has 0 spiro atoms. The van der Waals surface area contributed by atoms with Crippen molar-refractivity contribution in [3.63, 3.8) is 0 Å². The van der Waals surface area contributed by atoms with Crippen molar-refractivity contribution in [2.24, 2.45) is 5.73 Å². The van der Waals surface area contributed by atoms with Crippen molar-refractivity contribution in [3.05, 3.63) is 72.7 Å². The van der Waals surface area contributed by atoms with Crippen LogP contribution in [-0.2, 0) is 0 Å². The van der Waals surface area contributed by atoms with Crippen LogP contribution in [-0.4, -0.2) is 25.5 Å². The fraction of sp³-hybridized carbons (Fsp3) is 0. The van der Waals surface area contributed by atoms with Crippen LogP contribution in [0.4, 0.5) is 0 Å². The zero-order chi connectivity index (χ0) is 16.5. The number of benzene rings is 1. The summed E-state index contributed by atoms with van der Waals surface area (Å²) < 4.78 is 1.78. The quantitative estimate of drug-likeness (QED) is 0.629. The van der Waals surface area contributed by atoms with E-state index in [1.54, 1.807) is 41.3 Å². The van der Waals surface area contributed by atoms with Crippen LogP contribution in [0.5, 0.6) is 0 Å². The lowest BCUT2D eigenvalue weighted by molar-refractivity contribution is 0.100. The Kier molecular flexibility index (Phi) is 3.28. The average molecular weight is 315 g/mol. The average Bonchev–Trinajstić information content (AvgIpc) is 3.05. The highest BCUT2D eigenvalue weighted by Gasteiger charge is 2.10. The first-order chi connectivity index (χ1) is 11.7. The van der Waals surface area contributed by atoms with Crippen molar-refractivity contribution < 1.29 is 4.79 Å². The molecule has 1 amide bonds. The maximum Gasteiger partial charge on any atom is 0.248 e. The van der Waals surface area contributed by atoms with Crippen molar-refractivity contribution in [1.82, 2.24) is 19.6 Å².